The number of rotatable bonds is 4. The van der Waals surface area contributed by atoms with E-state index in [9.17, 15) is 0 Å². The second-order valence-electron chi connectivity index (χ2n) is 7.55. The number of halogens is 1. The average Bonchev–Trinajstić information content (AvgIpc) is 2.85. The van der Waals surface area contributed by atoms with E-state index in [2.05, 4.69) is 143 Å². The van der Waals surface area contributed by atoms with Gasteiger partial charge in [0.2, 0.25) is 0 Å². The first-order valence-corrected chi connectivity index (χ1v) is 11.2. The summed E-state index contributed by atoms with van der Waals surface area (Å²) >= 11 is 3.59. The van der Waals surface area contributed by atoms with Gasteiger partial charge in [-0.2, -0.15) is 0 Å². The molecule has 0 saturated carbocycles. The van der Waals surface area contributed by atoms with Gasteiger partial charge in [-0.15, -0.1) is 0 Å². The van der Waals surface area contributed by atoms with Crippen molar-refractivity contribution in [2.24, 2.45) is 0 Å². The molecular weight excluding hydrogens is 440 g/mol. The highest BCUT2D eigenvalue weighted by molar-refractivity contribution is 9.10. The van der Waals surface area contributed by atoms with Gasteiger partial charge in [0.05, 0.1) is 0 Å². The van der Waals surface area contributed by atoms with Crippen molar-refractivity contribution in [3.05, 3.63) is 132 Å². The molecule has 5 aromatic carbocycles. The number of hydrogen-bond donors (Lipinski definition) is 0. The van der Waals surface area contributed by atoms with Crippen molar-refractivity contribution in [1.29, 1.82) is 0 Å². The number of hydrogen-bond acceptors (Lipinski definition) is 0. The molecule has 5 aromatic rings. The summed E-state index contributed by atoms with van der Waals surface area (Å²) < 4.78 is 1.08. The van der Waals surface area contributed by atoms with Crippen LogP contribution in [0.25, 0.3) is 44.5 Å². The molecule has 0 aliphatic carbocycles. The Balaban J connectivity index is 1.87. The minimum Gasteiger partial charge on any atom is -0.0622 e. The highest BCUT2D eigenvalue weighted by Gasteiger charge is 2.16. The normalized spacial score (nSPS) is 10.7. The van der Waals surface area contributed by atoms with E-state index in [4.69, 9.17) is 0 Å². The van der Waals surface area contributed by atoms with Gasteiger partial charge in [0, 0.05) is 4.47 Å². The third-order valence-electron chi connectivity index (χ3n) is 5.55. The van der Waals surface area contributed by atoms with E-state index in [1.54, 1.807) is 0 Å². The molecule has 0 nitrogen and oxygen atoms in total. The molecular formula is C30H21Br. The van der Waals surface area contributed by atoms with E-state index in [0.717, 1.165) is 4.47 Å². The van der Waals surface area contributed by atoms with Gasteiger partial charge in [-0.05, 0) is 68.8 Å². The largest absolute Gasteiger partial charge is 0.0622 e. The Morgan fingerprint density at radius 1 is 0.355 bits per heavy atom. The fourth-order valence-electron chi connectivity index (χ4n) is 4.06. The Morgan fingerprint density at radius 3 is 1.23 bits per heavy atom. The Bertz CT molecular complexity index is 1230. The van der Waals surface area contributed by atoms with E-state index < -0.39 is 0 Å². The van der Waals surface area contributed by atoms with Crippen molar-refractivity contribution >= 4 is 15.9 Å². The lowest BCUT2D eigenvalue weighted by molar-refractivity contribution is 1.54. The van der Waals surface area contributed by atoms with Crippen LogP contribution in [0.5, 0.6) is 0 Å². The topological polar surface area (TPSA) is 0 Å². The third-order valence-corrected chi connectivity index (χ3v) is 6.08. The molecule has 0 amide bonds. The van der Waals surface area contributed by atoms with Crippen LogP contribution in [0, 0.1) is 0 Å². The first-order valence-electron chi connectivity index (χ1n) is 10.4. The second kappa shape index (κ2) is 8.75. The first-order chi connectivity index (χ1) is 15.3. The van der Waals surface area contributed by atoms with Gasteiger partial charge < -0.3 is 0 Å². The lowest BCUT2D eigenvalue weighted by atomic mass is 9.85. The summed E-state index contributed by atoms with van der Waals surface area (Å²) in [4.78, 5) is 0. The Hall–Kier alpha value is -3.42. The summed E-state index contributed by atoms with van der Waals surface area (Å²) in [7, 11) is 0. The zero-order valence-electron chi connectivity index (χ0n) is 17.0. The highest BCUT2D eigenvalue weighted by Crippen LogP contribution is 2.43. The van der Waals surface area contributed by atoms with E-state index in [1.165, 1.54) is 44.5 Å². The highest BCUT2D eigenvalue weighted by atomic mass is 79.9. The van der Waals surface area contributed by atoms with Crippen molar-refractivity contribution in [3.8, 4) is 44.5 Å². The molecule has 0 unspecified atom stereocenters. The van der Waals surface area contributed by atoms with E-state index in [1.807, 2.05) is 0 Å². The fourth-order valence-corrected chi connectivity index (χ4v) is 4.32. The summed E-state index contributed by atoms with van der Waals surface area (Å²) in [5.74, 6) is 0. The van der Waals surface area contributed by atoms with Gasteiger partial charge in [-0.1, -0.05) is 119 Å². The van der Waals surface area contributed by atoms with Crippen LogP contribution < -0.4 is 0 Å². The first kappa shape index (κ1) is 19.5. The van der Waals surface area contributed by atoms with Crippen molar-refractivity contribution in [1.82, 2.24) is 0 Å². The van der Waals surface area contributed by atoms with Crippen molar-refractivity contribution < 1.29 is 0 Å². The van der Waals surface area contributed by atoms with Crippen LogP contribution in [0.15, 0.2) is 132 Å². The molecule has 0 saturated heterocycles. The van der Waals surface area contributed by atoms with Crippen LogP contribution in [-0.4, -0.2) is 0 Å². The molecule has 0 fully saturated rings. The molecule has 0 aliphatic heterocycles. The summed E-state index contributed by atoms with van der Waals surface area (Å²) in [6.07, 6.45) is 0. The van der Waals surface area contributed by atoms with Crippen LogP contribution in [-0.2, 0) is 0 Å². The van der Waals surface area contributed by atoms with Crippen molar-refractivity contribution in [2.75, 3.05) is 0 Å². The molecule has 0 spiro atoms. The zero-order chi connectivity index (χ0) is 21.0. The van der Waals surface area contributed by atoms with Crippen molar-refractivity contribution in [3.63, 3.8) is 0 Å². The predicted octanol–water partition coefficient (Wildman–Crippen LogP) is 9.12. The maximum atomic E-state index is 3.59. The molecule has 1 heteroatoms. The van der Waals surface area contributed by atoms with Gasteiger partial charge in [0.25, 0.3) is 0 Å². The Morgan fingerprint density at radius 2 is 0.774 bits per heavy atom. The number of benzene rings is 5. The maximum Gasteiger partial charge on any atom is 0.0175 e. The van der Waals surface area contributed by atoms with Crippen LogP contribution in [0.1, 0.15) is 0 Å². The summed E-state index contributed by atoms with van der Waals surface area (Å²) in [5.41, 5.74) is 9.82. The lowest BCUT2D eigenvalue weighted by Gasteiger charge is -2.19. The van der Waals surface area contributed by atoms with Crippen molar-refractivity contribution in [2.45, 2.75) is 0 Å². The zero-order valence-corrected chi connectivity index (χ0v) is 18.6. The summed E-state index contributed by atoms with van der Waals surface area (Å²) in [6.45, 7) is 0. The van der Waals surface area contributed by atoms with Gasteiger partial charge in [0.15, 0.2) is 0 Å². The molecule has 0 N–H and O–H groups in total. The molecule has 0 heterocycles. The van der Waals surface area contributed by atoms with Gasteiger partial charge >= 0.3 is 0 Å². The fraction of sp³-hybridized carbons (Fsp3) is 0. The molecule has 148 valence electrons. The maximum absolute atomic E-state index is 3.59. The quantitative estimate of drug-likeness (QED) is 0.250. The Kier molecular flexibility index (Phi) is 5.52. The summed E-state index contributed by atoms with van der Waals surface area (Å²) in [6, 6.07) is 45.3. The van der Waals surface area contributed by atoms with E-state index in [0.29, 0.717) is 0 Å². The average molecular weight is 461 g/mol. The van der Waals surface area contributed by atoms with Gasteiger partial charge in [-0.3, -0.25) is 0 Å². The van der Waals surface area contributed by atoms with E-state index in [-0.39, 0.29) is 0 Å². The Labute approximate surface area is 192 Å². The molecule has 0 bridgehead atoms. The molecule has 0 aromatic heterocycles. The minimum atomic E-state index is 1.08. The van der Waals surface area contributed by atoms with Crippen LogP contribution in [0.2, 0.25) is 0 Å². The third kappa shape index (κ3) is 4.10. The molecule has 0 radical (unpaired) electrons. The van der Waals surface area contributed by atoms with Gasteiger partial charge in [-0.25, -0.2) is 0 Å². The van der Waals surface area contributed by atoms with Gasteiger partial charge in [0.1, 0.15) is 0 Å². The minimum absolute atomic E-state index is 1.08. The van der Waals surface area contributed by atoms with Crippen LogP contribution in [0.4, 0.5) is 0 Å². The molecule has 31 heavy (non-hydrogen) atoms. The smallest absolute Gasteiger partial charge is 0.0175 e. The van der Waals surface area contributed by atoms with Crippen LogP contribution in [0.3, 0.4) is 0 Å². The summed E-state index contributed by atoms with van der Waals surface area (Å²) in [5, 5.41) is 0. The second-order valence-corrected chi connectivity index (χ2v) is 8.47. The standard InChI is InChI=1S/C30H21Br/c31-27-18-16-25(17-19-27)30-28(23-12-6-2-7-13-23)20-26(22-10-4-1-5-11-22)21-29(30)24-14-8-3-9-15-24/h1-21H. The SMILES string of the molecule is Brc1ccc(-c2c(-c3ccccc3)cc(-c3ccccc3)cc2-c2ccccc2)cc1. The predicted molar refractivity (Wildman–Crippen MR) is 136 cm³/mol. The molecule has 5 rings (SSSR count). The monoisotopic (exact) mass is 460 g/mol. The van der Waals surface area contributed by atoms with Crippen LogP contribution >= 0.6 is 15.9 Å². The lowest BCUT2D eigenvalue weighted by Crippen LogP contribution is -1.93. The van der Waals surface area contributed by atoms with E-state index >= 15 is 0 Å². The molecule has 0 atom stereocenters. The molecule has 0 aliphatic rings.